The molecular formula is C15H22N4O5. The van der Waals surface area contributed by atoms with Gasteiger partial charge in [0.25, 0.3) is 5.56 Å². The largest absolute Gasteiger partial charge is 0.480 e. The summed E-state index contributed by atoms with van der Waals surface area (Å²) in [5.41, 5.74) is 5.13. The number of carboxylic acids is 1. The second-order valence-electron chi connectivity index (χ2n) is 6.13. The highest BCUT2D eigenvalue weighted by atomic mass is 16.4. The van der Waals surface area contributed by atoms with E-state index in [9.17, 15) is 19.2 Å². The number of nitrogens with zero attached hydrogens (tertiary/aromatic N) is 2. The predicted octanol–water partition coefficient (Wildman–Crippen LogP) is -0.972. The summed E-state index contributed by atoms with van der Waals surface area (Å²) in [6, 6.07) is -0.641. The van der Waals surface area contributed by atoms with Crippen molar-refractivity contribution in [2.45, 2.75) is 51.2 Å². The van der Waals surface area contributed by atoms with Gasteiger partial charge in [-0.3, -0.25) is 23.9 Å². The van der Waals surface area contributed by atoms with Gasteiger partial charge in [-0.2, -0.15) is 0 Å². The van der Waals surface area contributed by atoms with Crippen LogP contribution in [0.1, 0.15) is 31.2 Å². The molecule has 9 heteroatoms. The maximum atomic E-state index is 12.6. The van der Waals surface area contributed by atoms with E-state index in [0.717, 1.165) is 23.8 Å². The van der Waals surface area contributed by atoms with E-state index in [-0.39, 0.29) is 18.6 Å². The van der Waals surface area contributed by atoms with Gasteiger partial charge in [0.05, 0.1) is 0 Å². The van der Waals surface area contributed by atoms with Crippen molar-refractivity contribution in [1.29, 1.82) is 0 Å². The lowest BCUT2D eigenvalue weighted by atomic mass is 9.89. The maximum absolute atomic E-state index is 12.6. The summed E-state index contributed by atoms with van der Waals surface area (Å²) >= 11 is 0. The Labute approximate surface area is 138 Å². The van der Waals surface area contributed by atoms with Gasteiger partial charge in [-0.25, -0.2) is 4.79 Å². The second kappa shape index (κ2) is 7.43. The van der Waals surface area contributed by atoms with Crippen molar-refractivity contribution in [3.63, 3.8) is 0 Å². The Bertz CT molecular complexity index is 738. The molecule has 1 aromatic heterocycles. The molecule has 1 amide bonds. The van der Waals surface area contributed by atoms with Gasteiger partial charge in [-0.05, 0) is 19.8 Å². The van der Waals surface area contributed by atoms with Crippen molar-refractivity contribution >= 4 is 11.9 Å². The monoisotopic (exact) mass is 338 g/mol. The molecule has 2 atom stereocenters. The molecule has 1 heterocycles. The summed E-state index contributed by atoms with van der Waals surface area (Å²) in [5, 5.41) is 9.10. The van der Waals surface area contributed by atoms with Gasteiger partial charge < -0.3 is 15.7 Å². The third-order valence-corrected chi connectivity index (χ3v) is 4.30. The summed E-state index contributed by atoms with van der Waals surface area (Å²) in [5.74, 6) is -1.64. The fourth-order valence-corrected chi connectivity index (χ4v) is 3.04. The van der Waals surface area contributed by atoms with Crippen LogP contribution in [0.5, 0.6) is 0 Å². The molecular weight excluding hydrogens is 316 g/mol. The molecule has 132 valence electrons. The van der Waals surface area contributed by atoms with Crippen molar-refractivity contribution in [3.05, 3.63) is 32.6 Å². The molecule has 0 saturated heterocycles. The number of hydrogen-bond acceptors (Lipinski definition) is 5. The summed E-state index contributed by atoms with van der Waals surface area (Å²) in [6.45, 7) is 0.715. The van der Waals surface area contributed by atoms with Crippen LogP contribution in [0.15, 0.2) is 15.8 Å². The Hall–Kier alpha value is -2.42. The molecule has 1 aliphatic carbocycles. The normalized spacial score (nSPS) is 20.6. The molecule has 0 unspecified atom stereocenters. The fourth-order valence-electron chi connectivity index (χ4n) is 3.04. The first-order valence-electron chi connectivity index (χ1n) is 7.87. The predicted molar refractivity (Wildman–Crippen MR) is 85.6 cm³/mol. The van der Waals surface area contributed by atoms with Crippen LogP contribution >= 0.6 is 0 Å². The Balaban J connectivity index is 2.24. The number of aromatic amines is 1. The van der Waals surface area contributed by atoms with Gasteiger partial charge in [-0.1, -0.05) is 12.8 Å². The molecule has 0 aliphatic heterocycles. The van der Waals surface area contributed by atoms with Gasteiger partial charge in [0.1, 0.15) is 13.1 Å². The van der Waals surface area contributed by atoms with Gasteiger partial charge >= 0.3 is 11.7 Å². The van der Waals surface area contributed by atoms with Crippen molar-refractivity contribution < 1.29 is 14.7 Å². The molecule has 2 rings (SSSR count). The molecule has 0 radical (unpaired) electrons. The van der Waals surface area contributed by atoms with Crippen molar-refractivity contribution in [2.75, 3.05) is 6.54 Å². The Morgan fingerprint density at radius 1 is 1.38 bits per heavy atom. The Morgan fingerprint density at radius 3 is 2.67 bits per heavy atom. The lowest BCUT2D eigenvalue weighted by Gasteiger charge is -2.37. The van der Waals surface area contributed by atoms with E-state index in [1.165, 1.54) is 18.0 Å². The SMILES string of the molecule is Cc1cn(CC(=O)N(CC(=O)O)[C@@H]2CCCC[C@H]2N)c(=O)[nH]c1=O. The minimum atomic E-state index is -1.13. The van der Waals surface area contributed by atoms with Gasteiger partial charge in [0.2, 0.25) is 5.91 Å². The van der Waals surface area contributed by atoms with E-state index in [4.69, 9.17) is 10.8 Å². The van der Waals surface area contributed by atoms with Crippen molar-refractivity contribution in [3.8, 4) is 0 Å². The number of hydrogen-bond donors (Lipinski definition) is 3. The molecule has 1 fully saturated rings. The zero-order valence-electron chi connectivity index (χ0n) is 13.5. The lowest BCUT2D eigenvalue weighted by molar-refractivity contribution is -0.147. The number of aryl methyl sites for hydroxylation is 1. The Kier molecular flexibility index (Phi) is 5.55. The number of rotatable bonds is 5. The molecule has 0 aromatic carbocycles. The van der Waals surface area contributed by atoms with Crippen LogP contribution in [0.4, 0.5) is 0 Å². The van der Waals surface area contributed by atoms with E-state index in [1.807, 2.05) is 0 Å². The van der Waals surface area contributed by atoms with Crippen LogP contribution < -0.4 is 17.0 Å². The van der Waals surface area contributed by atoms with Crippen LogP contribution in [-0.2, 0) is 16.1 Å². The van der Waals surface area contributed by atoms with E-state index in [2.05, 4.69) is 4.98 Å². The number of carbonyl (C=O) groups is 2. The minimum Gasteiger partial charge on any atom is -0.480 e. The number of carboxylic acid groups (broad SMARTS) is 1. The average Bonchev–Trinajstić information content (AvgIpc) is 2.51. The third kappa shape index (κ3) is 4.10. The van der Waals surface area contributed by atoms with Crippen LogP contribution in [0.2, 0.25) is 0 Å². The van der Waals surface area contributed by atoms with Crippen LogP contribution in [0, 0.1) is 6.92 Å². The van der Waals surface area contributed by atoms with E-state index in [1.54, 1.807) is 0 Å². The molecule has 1 aliphatic rings. The zero-order valence-corrected chi connectivity index (χ0v) is 13.5. The lowest BCUT2D eigenvalue weighted by Crippen LogP contribution is -2.54. The van der Waals surface area contributed by atoms with Crippen molar-refractivity contribution in [2.24, 2.45) is 5.73 Å². The molecule has 0 bridgehead atoms. The van der Waals surface area contributed by atoms with Crippen LogP contribution in [-0.4, -0.2) is 50.1 Å². The third-order valence-electron chi connectivity index (χ3n) is 4.30. The molecule has 1 aromatic rings. The number of nitrogens with two attached hydrogens (primary N) is 1. The standard InChI is InChI=1S/C15H22N4O5/c1-9-6-18(15(24)17-14(9)23)7-12(20)19(8-13(21)22)11-5-3-2-4-10(11)16/h6,10-11H,2-5,7-8,16H2,1H3,(H,21,22)(H,17,23,24)/t10-,11-/m1/s1. The minimum absolute atomic E-state index is 0.281. The number of aromatic nitrogens is 2. The highest BCUT2D eigenvalue weighted by Gasteiger charge is 2.32. The summed E-state index contributed by atoms with van der Waals surface area (Å²) in [4.78, 5) is 50.3. The van der Waals surface area contributed by atoms with Gasteiger partial charge in [-0.15, -0.1) is 0 Å². The molecule has 24 heavy (non-hydrogen) atoms. The second-order valence-corrected chi connectivity index (χ2v) is 6.13. The number of amides is 1. The summed E-state index contributed by atoms with van der Waals surface area (Å²) in [7, 11) is 0. The van der Waals surface area contributed by atoms with Gasteiger partial charge in [0.15, 0.2) is 0 Å². The van der Waals surface area contributed by atoms with Crippen molar-refractivity contribution in [1.82, 2.24) is 14.5 Å². The highest BCUT2D eigenvalue weighted by molar-refractivity contribution is 5.81. The molecule has 1 saturated carbocycles. The van der Waals surface area contributed by atoms with E-state index >= 15 is 0 Å². The summed E-state index contributed by atoms with van der Waals surface area (Å²) in [6.07, 6.45) is 4.48. The maximum Gasteiger partial charge on any atom is 0.328 e. The fraction of sp³-hybridized carbons (Fsp3) is 0.600. The first kappa shape index (κ1) is 17.9. The topological polar surface area (TPSA) is 138 Å². The van der Waals surface area contributed by atoms with E-state index in [0.29, 0.717) is 12.0 Å². The number of carbonyl (C=O) groups excluding carboxylic acids is 1. The quantitative estimate of drug-likeness (QED) is 0.631. The number of H-pyrrole nitrogens is 1. The van der Waals surface area contributed by atoms with E-state index < -0.39 is 29.7 Å². The van der Waals surface area contributed by atoms with Gasteiger partial charge in [0, 0.05) is 23.8 Å². The summed E-state index contributed by atoms with van der Waals surface area (Å²) < 4.78 is 1.07. The zero-order chi connectivity index (χ0) is 17.9. The number of nitrogens with one attached hydrogen (secondary N) is 1. The highest BCUT2D eigenvalue weighted by Crippen LogP contribution is 2.22. The smallest absolute Gasteiger partial charge is 0.328 e. The number of aliphatic carboxylic acids is 1. The Morgan fingerprint density at radius 2 is 2.04 bits per heavy atom. The first-order chi connectivity index (χ1) is 11.3. The van der Waals surface area contributed by atoms with Crippen LogP contribution in [0.25, 0.3) is 0 Å². The molecule has 9 nitrogen and oxygen atoms in total. The first-order valence-corrected chi connectivity index (χ1v) is 7.87. The molecule has 4 N–H and O–H groups in total. The average molecular weight is 338 g/mol. The molecule has 0 spiro atoms. The van der Waals surface area contributed by atoms with Crippen LogP contribution in [0.3, 0.4) is 0 Å².